The molecule has 6 heteroatoms. The van der Waals surface area contributed by atoms with E-state index in [0.717, 1.165) is 12.1 Å². The first-order valence-corrected chi connectivity index (χ1v) is 6.37. The number of hydrogen-bond donors (Lipinski definition) is 3. The van der Waals surface area contributed by atoms with Crippen LogP contribution >= 0.6 is 0 Å². The van der Waals surface area contributed by atoms with Gasteiger partial charge in [-0.25, -0.2) is 0 Å². The molecule has 3 N–H and O–H groups in total. The van der Waals surface area contributed by atoms with Gasteiger partial charge >= 0.3 is 5.97 Å². The van der Waals surface area contributed by atoms with Gasteiger partial charge in [-0.3, -0.25) is 14.7 Å². The Morgan fingerprint density at radius 2 is 2.16 bits per heavy atom. The molecular formula is C13H21N3O3. The molecule has 1 aromatic heterocycles. The summed E-state index contributed by atoms with van der Waals surface area (Å²) in [6.07, 6.45) is 0.718. The Hall–Kier alpha value is -1.85. The quantitative estimate of drug-likeness (QED) is 0.735. The van der Waals surface area contributed by atoms with Crippen LogP contribution in [0.25, 0.3) is 0 Å². The molecule has 0 spiro atoms. The van der Waals surface area contributed by atoms with Crippen LogP contribution in [0.3, 0.4) is 0 Å². The summed E-state index contributed by atoms with van der Waals surface area (Å²) in [7, 11) is 0. The molecule has 1 amide bonds. The molecule has 1 unspecified atom stereocenters. The zero-order valence-electron chi connectivity index (χ0n) is 11.8. The van der Waals surface area contributed by atoms with E-state index < -0.39 is 11.4 Å². The van der Waals surface area contributed by atoms with Gasteiger partial charge in [0.2, 0.25) is 5.91 Å². The van der Waals surface area contributed by atoms with E-state index in [1.165, 1.54) is 0 Å². The van der Waals surface area contributed by atoms with Gasteiger partial charge < -0.3 is 10.4 Å². The van der Waals surface area contributed by atoms with Gasteiger partial charge in [0.25, 0.3) is 0 Å². The summed E-state index contributed by atoms with van der Waals surface area (Å²) in [5, 5.41) is 18.6. The van der Waals surface area contributed by atoms with E-state index in [4.69, 9.17) is 0 Å². The lowest BCUT2D eigenvalue weighted by molar-refractivity contribution is -0.153. The summed E-state index contributed by atoms with van der Waals surface area (Å²) in [5.74, 6) is -1.01. The van der Waals surface area contributed by atoms with Crippen LogP contribution in [-0.2, 0) is 16.0 Å². The van der Waals surface area contributed by atoms with Crippen molar-refractivity contribution in [3.8, 4) is 0 Å². The van der Waals surface area contributed by atoms with Crippen LogP contribution in [0, 0.1) is 11.3 Å². The molecule has 0 aliphatic carbocycles. The highest BCUT2D eigenvalue weighted by molar-refractivity contribution is 5.93. The van der Waals surface area contributed by atoms with E-state index in [9.17, 15) is 14.7 Å². The van der Waals surface area contributed by atoms with E-state index in [0.29, 0.717) is 5.82 Å². The first kappa shape index (κ1) is 15.2. The Bertz CT molecular complexity index is 467. The van der Waals surface area contributed by atoms with Crippen molar-refractivity contribution in [2.45, 2.75) is 40.5 Å². The van der Waals surface area contributed by atoms with Crippen molar-refractivity contribution >= 4 is 17.7 Å². The first-order valence-electron chi connectivity index (χ1n) is 6.37. The van der Waals surface area contributed by atoms with Crippen LogP contribution in [0.1, 0.15) is 39.8 Å². The van der Waals surface area contributed by atoms with Crippen LogP contribution < -0.4 is 5.32 Å². The molecule has 0 aromatic carbocycles. The maximum absolute atomic E-state index is 11.9. The molecule has 1 rings (SSSR count). The summed E-state index contributed by atoms with van der Waals surface area (Å²) in [5.41, 5.74) is -0.159. The number of rotatable bonds is 6. The minimum absolute atomic E-state index is 0.0751. The van der Waals surface area contributed by atoms with Crippen LogP contribution in [0.4, 0.5) is 5.82 Å². The third kappa shape index (κ3) is 3.56. The number of carbonyl (C=O) groups excluding carboxylic acids is 1. The largest absolute Gasteiger partial charge is 0.481 e. The Kier molecular flexibility index (Phi) is 4.69. The number of anilines is 1. The van der Waals surface area contributed by atoms with Crippen LogP contribution in [0.15, 0.2) is 6.07 Å². The number of nitrogens with zero attached hydrogens (tertiary/aromatic N) is 1. The average molecular weight is 267 g/mol. The fourth-order valence-corrected chi connectivity index (χ4v) is 1.65. The molecule has 6 nitrogen and oxygen atoms in total. The maximum atomic E-state index is 11.9. The van der Waals surface area contributed by atoms with Crippen molar-refractivity contribution in [2.24, 2.45) is 11.3 Å². The summed E-state index contributed by atoms with van der Waals surface area (Å²) in [6.45, 7) is 7.15. The summed E-state index contributed by atoms with van der Waals surface area (Å²) in [6, 6.07) is 1.74. The monoisotopic (exact) mass is 267 g/mol. The molecule has 0 aliphatic rings. The predicted molar refractivity (Wildman–Crippen MR) is 71.8 cm³/mol. The molecule has 0 aliphatic heterocycles. The number of aryl methyl sites for hydroxylation is 1. The lowest BCUT2D eigenvalue weighted by atomic mass is 9.76. The molecule has 106 valence electrons. The number of nitrogens with one attached hydrogen (secondary N) is 2. The van der Waals surface area contributed by atoms with E-state index in [-0.39, 0.29) is 18.2 Å². The van der Waals surface area contributed by atoms with Crippen molar-refractivity contribution in [1.29, 1.82) is 0 Å². The zero-order chi connectivity index (χ0) is 14.6. The Balaban J connectivity index is 2.71. The first-order chi connectivity index (χ1) is 8.79. The van der Waals surface area contributed by atoms with Crippen molar-refractivity contribution < 1.29 is 14.7 Å². The molecule has 0 saturated carbocycles. The van der Waals surface area contributed by atoms with Crippen molar-refractivity contribution in [3.05, 3.63) is 11.8 Å². The predicted octanol–water partition coefficient (Wildman–Crippen LogP) is 2.05. The smallest absolute Gasteiger partial charge is 0.310 e. The van der Waals surface area contributed by atoms with Gasteiger partial charge in [0, 0.05) is 18.2 Å². The van der Waals surface area contributed by atoms with Crippen molar-refractivity contribution in [1.82, 2.24) is 10.2 Å². The Labute approximate surface area is 112 Å². The Morgan fingerprint density at radius 3 is 2.58 bits per heavy atom. The van der Waals surface area contributed by atoms with E-state index >= 15 is 0 Å². The lowest BCUT2D eigenvalue weighted by Gasteiger charge is -2.28. The summed E-state index contributed by atoms with van der Waals surface area (Å²) in [4.78, 5) is 23.2. The van der Waals surface area contributed by atoms with Crippen LogP contribution in [-0.4, -0.2) is 27.2 Å². The van der Waals surface area contributed by atoms with Gasteiger partial charge in [-0.05, 0) is 19.3 Å². The number of aromatic amines is 1. The van der Waals surface area contributed by atoms with Gasteiger partial charge in [0.15, 0.2) is 5.82 Å². The highest BCUT2D eigenvalue weighted by Crippen LogP contribution is 2.31. The third-order valence-corrected chi connectivity index (χ3v) is 3.57. The summed E-state index contributed by atoms with van der Waals surface area (Å²) >= 11 is 0. The highest BCUT2D eigenvalue weighted by atomic mass is 16.4. The van der Waals surface area contributed by atoms with Gasteiger partial charge in [-0.1, -0.05) is 20.8 Å². The van der Waals surface area contributed by atoms with Crippen molar-refractivity contribution in [2.75, 3.05) is 5.32 Å². The van der Waals surface area contributed by atoms with Crippen LogP contribution in [0.2, 0.25) is 0 Å². The molecule has 0 saturated heterocycles. The standard InChI is InChI=1S/C13H21N3O3/c1-5-9-6-10(16-15-9)14-11(17)7-13(4,8(2)3)12(18)19/h6,8H,5,7H2,1-4H3,(H,18,19)(H2,14,15,16,17). The number of H-pyrrole nitrogens is 1. The lowest BCUT2D eigenvalue weighted by Crippen LogP contribution is -2.37. The molecule has 0 radical (unpaired) electrons. The molecule has 19 heavy (non-hydrogen) atoms. The average Bonchev–Trinajstić information content (AvgIpc) is 2.75. The second kappa shape index (κ2) is 5.86. The number of hydrogen-bond acceptors (Lipinski definition) is 3. The highest BCUT2D eigenvalue weighted by Gasteiger charge is 2.38. The molecule has 0 fully saturated rings. The minimum atomic E-state index is -1.08. The topological polar surface area (TPSA) is 95.1 Å². The molecule has 1 aromatic rings. The van der Waals surface area contributed by atoms with Gasteiger partial charge in [-0.2, -0.15) is 5.10 Å². The summed E-state index contributed by atoms with van der Waals surface area (Å²) < 4.78 is 0. The fourth-order valence-electron chi connectivity index (χ4n) is 1.65. The number of amides is 1. The number of carbonyl (C=O) groups is 2. The molecular weight excluding hydrogens is 246 g/mol. The second-order valence-corrected chi connectivity index (χ2v) is 5.23. The third-order valence-electron chi connectivity index (χ3n) is 3.57. The maximum Gasteiger partial charge on any atom is 0.310 e. The SMILES string of the molecule is CCc1cc(NC(=O)CC(C)(C(=O)O)C(C)C)n[nH]1. The van der Waals surface area contributed by atoms with Crippen LogP contribution in [0.5, 0.6) is 0 Å². The van der Waals surface area contributed by atoms with Gasteiger partial charge in [0.05, 0.1) is 5.41 Å². The van der Waals surface area contributed by atoms with E-state index in [1.54, 1.807) is 26.8 Å². The number of carboxylic acids is 1. The normalized spacial score (nSPS) is 14.2. The second-order valence-electron chi connectivity index (χ2n) is 5.23. The van der Waals surface area contributed by atoms with E-state index in [2.05, 4.69) is 15.5 Å². The number of aromatic nitrogens is 2. The number of aliphatic carboxylic acids is 1. The number of carboxylic acid groups (broad SMARTS) is 1. The van der Waals surface area contributed by atoms with E-state index in [1.807, 2.05) is 6.92 Å². The molecule has 1 heterocycles. The molecule has 0 bridgehead atoms. The van der Waals surface area contributed by atoms with Gasteiger partial charge in [0.1, 0.15) is 0 Å². The Morgan fingerprint density at radius 1 is 1.53 bits per heavy atom. The van der Waals surface area contributed by atoms with Crippen molar-refractivity contribution in [3.63, 3.8) is 0 Å². The zero-order valence-corrected chi connectivity index (χ0v) is 11.8. The minimum Gasteiger partial charge on any atom is -0.481 e. The van der Waals surface area contributed by atoms with Gasteiger partial charge in [-0.15, -0.1) is 0 Å². The molecule has 1 atom stereocenters. The fraction of sp³-hybridized carbons (Fsp3) is 0.615.